The molecule has 1 aliphatic heterocycles. The molecule has 2 aromatic heterocycles. The van der Waals surface area contributed by atoms with Gasteiger partial charge in [-0.3, -0.25) is 9.78 Å². The summed E-state index contributed by atoms with van der Waals surface area (Å²) in [5.41, 5.74) is -0.765. The zero-order valence-corrected chi connectivity index (χ0v) is 12.9. The minimum absolute atomic E-state index is 0.150. The predicted octanol–water partition coefficient (Wildman–Crippen LogP) is 0.398. The van der Waals surface area contributed by atoms with Gasteiger partial charge in [0.15, 0.2) is 5.69 Å². The number of aromatic nitrogens is 3. The summed E-state index contributed by atoms with van der Waals surface area (Å²) < 4.78 is 5.01. The molecular formula is C15H19N5O3. The Kier molecular flexibility index (Phi) is 4.24. The second-order valence-corrected chi connectivity index (χ2v) is 5.67. The Hall–Kier alpha value is -2.48. The van der Waals surface area contributed by atoms with Crippen molar-refractivity contribution in [2.75, 3.05) is 24.5 Å². The zero-order chi connectivity index (χ0) is 16.3. The lowest BCUT2D eigenvalue weighted by molar-refractivity contribution is 0.0572. The van der Waals surface area contributed by atoms with Gasteiger partial charge in [-0.05, 0) is 6.42 Å². The van der Waals surface area contributed by atoms with Crippen molar-refractivity contribution < 1.29 is 14.4 Å². The topological polar surface area (TPSA) is 104 Å². The van der Waals surface area contributed by atoms with Crippen LogP contribution in [0.25, 0.3) is 0 Å². The Morgan fingerprint density at radius 2 is 2.39 bits per heavy atom. The number of anilines is 1. The molecule has 8 nitrogen and oxygen atoms in total. The van der Waals surface area contributed by atoms with Gasteiger partial charge < -0.3 is 19.8 Å². The van der Waals surface area contributed by atoms with Crippen LogP contribution in [0.1, 0.15) is 29.6 Å². The van der Waals surface area contributed by atoms with Crippen LogP contribution in [0.3, 0.4) is 0 Å². The van der Waals surface area contributed by atoms with E-state index in [0.717, 1.165) is 5.82 Å². The molecule has 0 aliphatic carbocycles. The quantitative estimate of drug-likeness (QED) is 0.822. The lowest BCUT2D eigenvalue weighted by atomic mass is 10.0. The maximum atomic E-state index is 12.0. The Bertz CT molecular complexity index is 675. The maximum Gasteiger partial charge on any atom is 0.273 e. The first-order valence-electron chi connectivity index (χ1n) is 7.57. The van der Waals surface area contributed by atoms with Crippen LogP contribution in [-0.4, -0.2) is 51.4 Å². The summed E-state index contributed by atoms with van der Waals surface area (Å²) in [5.74, 6) is 1.03. The van der Waals surface area contributed by atoms with Crippen molar-refractivity contribution in [2.24, 2.45) is 0 Å². The van der Waals surface area contributed by atoms with Gasteiger partial charge in [-0.25, -0.2) is 4.98 Å². The number of carbonyl (C=O) groups is 1. The third-order valence-corrected chi connectivity index (χ3v) is 3.92. The molecule has 1 atom stereocenters. The summed E-state index contributed by atoms with van der Waals surface area (Å²) >= 11 is 0. The summed E-state index contributed by atoms with van der Waals surface area (Å²) in [6.45, 7) is 3.13. The Morgan fingerprint density at radius 1 is 1.52 bits per heavy atom. The normalized spacial score (nSPS) is 20.7. The van der Waals surface area contributed by atoms with E-state index >= 15 is 0 Å². The fraction of sp³-hybridized carbons (Fsp3) is 0.467. The zero-order valence-electron chi connectivity index (χ0n) is 12.9. The van der Waals surface area contributed by atoms with Gasteiger partial charge in [0.2, 0.25) is 0 Å². The summed E-state index contributed by atoms with van der Waals surface area (Å²) in [5, 5.41) is 17.1. The number of amides is 1. The Morgan fingerprint density at radius 3 is 3.09 bits per heavy atom. The van der Waals surface area contributed by atoms with Gasteiger partial charge in [0, 0.05) is 44.5 Å². The lowest BCUT2D eigenvalue weighted by Crippen LogP contribution is -2.45. The molecule has 1 saturated heterocycles. The smallest absolute Gasteiger partial charge is 0.273 e. The standard InChI is InChI=1S/C15H19N5O3/c1-2-11-7-12(19-23-11)14(21)18-9-15(22)3-6-20(10-15)13-8-16-4-5-17-13/h4-5,7-8,22H,2-3,6,9-10H2,1H3,(H,18,21)/t15-/m1/s1. The maximum absolute atomic E-state index is 12.0. The van der Waals surface area contributed by atoms with Crippen molar-refractivity contribution in [2.45, 2.75) is 25.4 Å². The Balaban J connectivity index is 1.56. The number of carbonyl (C=O) groups excluding carboxylic acids is 1. The van der Waals surface area contributed by atoms with E-state index in [-0.39, 0.29) is 18.1 Å². The molecule has 8 heteroatoms. The van der Waals surface area contributed by atoms with Crippen LogP contribution in [0.15, 0.2) is 29.2 Å². The van der Waals surface area contributed by atoms with Crippen LogP contribution in [-0.2, 0) is 6.42 Å². The molecule has 1 fully saturated rings. The number of nitrogens with zero attached hydrogens (tertiary/aromatic N) is 4. The first-order valence-corrected chi connectivity index (χ1v) is 7.57. The number of hydrogen-bond acceptors (Lipinski definition) is 7. The summed E-state index contributed by atoms with van der Waals surface area (Å²) in [7, 11) is 0. The molecule has 0 spiro atoms. The number of β-amino-alcohol motifs (C(OH)–C–C–N with tert-alkyl or cyclic N) is 1. The fourth-order valence-corrected chi connectivity index (χ4v) is 2.57. The van der Waals surface area contributed by atoms with Gasteiger partial charge in [0.05, 0.1) is 6.20 Å². The van der Waals surface area contributed by atoms with Gasteiger partial charge >= 0.3 is 0 Å². The highest BCUT2D eigenvalue weighted by Crippen LogP contribution is 2.24. The van der Waals surface area contributed by atoms with E-state index in [1.165, 1.54) is 0 Å². The third kappa shape index (κ3) is 3.48. The molecule has 2 N–H and O–H groups in total. The van der Waals surface area contributed by atoms with Crippen molar-refractivity contribution >= 4 is 11.7 Å². The third-order valence-electron chi connectivity index (χ3n) is 3.92. The second kappa shape index (κ2) is 6.33. The van der Waals surface area contributed by atoms with Crippen molar-refractivity contribution in [1.82, 2.24) is 20.4 Å². The van der Waals surface area contributed by atoms with Gasteiger partial charge in [-0.2, -0.15) is 0 Å². The van der Waals surface area contributed by atoms with Crippen LogP contribution >= 0.6 is 0 Å². The largest absolute Gasteiger partial charge is 0.386 e. The molecule has 122 valence electrons. The fourth-order valence-electron chi connectivity index (χ4n) is 2.57. The highest BCUT2D eigenvalue weighted by Gasteiger charge is 2.37. The molecule has 0 aromatic carbocycles. The highest BCUT2D eigenvalue weighted by molar-refractivity contribution is 5.92. The molecular weight excluding hydrogens is 298 g/mol. The first kappa shape index (κ1) is 15.4. The van der Waals surface area contributed by atoms with Crippen LogP contribution < -0.4 is 10.2 Å². The van der Waals surface area contributed by atoms with Crippen molar-refractivity contribution in [1.29, 1.82) is 0 Å². The number of nitrogens with one attached hydrogen (secondary N) is 1. The predicted molar refractivity (Wildman–Crippen MR) is 82.0 cm³/mol. The highest BCUT2D eigenvalue weighted by atomic mass is 16.5. The van der Waals surface area contributed by atoms with Gasteiger partial charge in [-0.1, -0.05) is 12.1 Å². The molecule has 1 amide bonds. The molecule has 0 radical (unpaired) electrons. The number of aliphatic hydroxyl groups is 1. The van der Waals surface area contributed by atoms with Gasteiger partial charge in [-0.15, -0.1) is 0 Å². The molecule has 0 bridgehead atoms. The summed E-state index contributed by atoms with van der Waals surface area (Å²) in [6.07, 6.45) is 6.10. The molecule has 0 unspecified atom stereocenters. The van der Waals surface area contributed by atoms with E-state index in [4.69, 9.17) is 4.52 Å². The van der Waals surface area contributed by atoms with Crippen molar-refractivity contribution in [3.05, 3.63) is 36.1 Å². The van der Waals surface area contributed by atoms with Crippen LogP contribution in [0, 0.1) is 0 Å². The van der Waals surface area contributed by atoms with E-state index in [2.05, 4.69) is 20.4 Å². The molecule has 2 aromatic rings. The van der Waals surface area contributed by atoms with Gasteiger partial charge in [0.1, 0.15) is 17.2 Å². The van der Waals surface area contributed by atoms with E-state index in [0.29, 0.717) is 31.7 Å². The van der Waals surface area contributed by atoms with Crippen molar-refractivity contribution in [3.63, 3.8) is 0 Å². The van der Waals surface area contributed by atoms with E-state index in [9.17, 15) is 9.90 Å². The lowest BCUT2D eigenvalue weighted by Gasteiger charge is -2.23. The Labute approximate surface area is 133 Å². The van der Waals surface area contributed by atoms with E-state index < -0.39 is 5.60 Å². The number of hydrogen-bond donors (Lipinski definition) is 2. The number of rotatable bonds is 5. The molecule has 3 rings (SSSR count). The first-order chi connectivity index (χ1) is 11.1. The van der Waals surface area contributed by atoms with Crippen LogP contribution in [0.4, 0.5) is 5.82 Å². The molecule has 23 heavy (non-hydrogen) atoms. The molecule has 1 aliphatic rings. The van der Waals surface area contributed by atoms with E-state index in [1.807, 2.05) is 11.8 Å². The average Bonchev–Trinajstić information content (AvgIpc) is 3.21. The summed E-state index contributed by atoms with van der Waals surface area (Å²) in [4.78, 5) is 22.2. The summed E-state index contributed by atoms with van der Waals surface area (Å²) in [6, 6.07) is 1.61. The van der Waals surface area contributed by atoms with E-state index in [1.54, 1.807) is 24.7 Å². The van der Waals surface area contributed by atoms with Gasteiger partial charge in [0.25, 0.3) is 5.91 Å². The van der Waals surface area contributed by atoms with Crippen LogP contribution in [0.5, 0.6) is 0 Å². The minimum Gasteiger partial charge on any atom is -0.386 e. The monoisotopic (exact) mass is 317 g/mol. The molecule has 0 saturated carbocycles. The average molecular weight is 317 g/mol. The molecule has 3 heterocycles. The van der Waals surface area contributed by atoms with Crippen LogP contribution in [0.2, 0.25) is 0 Å². The van der Waals surface area contributed by atoms with Crippen molar-refractivity contribution in [3.8, 4) is 0 Å². The SMILES string of the molecule is CCc1cc(C(=O)NC[C@]2(O)CCN(c3cnccn3)C2)no1. The minimum atomic E-state index is -0.996. The second-order valence-electron chi connectivity index (χ2n) is 5.67. The number of aryl methyl sites for hydroxylation is 1.